The van der Waals surface area contributed by atoms with E-state index in [1.54, 1.807) is 18.2 Å². The fourth-order valence-corrected chi connectivity index (χ4v) is 6.68. The minimum absolute atomic E-state index is 0.0334. The summed E-state index contributed by atoms with van der Waals surface area (Å²) in [6.45, 7) is 0. The molecule has 8 rings (SSSR count). The average Bonchev–Trinajstić information content (AvgIpc) is 3.57. The Hall–Kier alpha value is -5.66. The van der Waals surface area contributed by atoms with E-state index in [0.29, 0.717) is 27.8 Å². The zero-order chi connectivity index (χ0) is 30.1. The third-order valence-electron chi connectivity index (χ3n) is 7.62. The van der Waals surface area contributed by atoms with Crippen molar-refractivity contribution in [2.45, 2.75) is 0 Å². The van der Waals surface area contributed by atoms with Crippen LogP contribution < -0.4 is 0 Å². The number of thiazole rings is 1. The Labute approximate surface area is 249 Å². The summed E-state index contributed by atoms with van der Waals surface area (Å²) in [6, 6.07) is 26.3. The molecule has 0 radical (unpaired) electrons. The first-order valence-corrected chi connectivity index (χ1v) is 14.2. The van der Waals surface area contributed by atoms with Crippen molar-refractivity contribution in [2.24, 2.45) is 0 Å². The van der Waals surface area contributed by atoms with Crippen LogP contribution in [0.4, 0.5) is 17.6 Å². The van der Waals surface area contributed by atoms with Gasteiger partial charge in [0.25, 0.3) is 0 Å². The van der Waals surface area contributed by atoms with Gasteiger partial charge in [0.05, 0.1) is 21.4 Å². The van der Waals surface area contributed by atoms with Crippen molar-refractivity contribution in [1.29, 1.82) is 5.26 Å². The molecule has 4 aromatic heterocycles. The van der Waals surface area contributed by atoms with Gasteiger partial charge in [-0.05, 0) is 71.8 Å². The zero-order valence-corrected chi connectivity index (χ0v) is 23.1. The summed E-state index contributed by atoms with van der Waals surface area (Å²) in [6.07, 6.45) is 0. The van der Waals surface area contributed by atoms with Crippen molar-refractivity contribution in [3.05, 3.63) is 120 Å². The molecule has 0 aliphatic rings. The quantitative estimate of drug-likeness (QED) is 0.150. The van der Waals surface area contributed by atoms with E-state index in [4.69, 9.17) is 9.97 Å². The van der Waals surface area contributed by atoms with Crippen LogP contribution in [0.15, 0.2) is 91.0 Å². The number of hydrogen-bond acceptors (Lipinski definition) is 5. The summed E-state index contributed by atoms with van der Waals surface area (Å²) in [4.78, 5) is 14.1. The second-order valence-electron chi connectivity index (χ2n) is 10.1. The van der Waals surface area contributed by atoms with E-state index in [2.05, 4.69) is 4.98 Å². The minimum Gasteiger partial charge on any atom is -0.281 e. The van der Waals surface area contributed by atoms with Crippen LogP contribution in [0.2, 0.25) is 0 Å². The lowest BCUT2D eigenvalue weighted by molar-refractivity contribution is 0.515. The largest absolute Gasteiger partial charge is 0.281 e. The van der Waals surface area contributed by atoms with Gasteiger partial charge in [0.15, 0.2) is 10.8 Å². The number of aromatic nitrogens is 4. The van der Waals surface area contributed by atoms with E-state index in [9.17, 15) is 14.0 Å². The molecule has 0 N–H and O–H groups in total. The molecule has 44 heavy (non-hydrogen) atoms. The fourth-order valence-electron chi connectivity index (χ4n) is 5.65. The number of nitriles is 1. The molecule has 0 fully saturated rings. The predicted octanol–water partition coefficient (Wildman–Crippen LogP) is 9.07. The zero-order valence-electron chi connectivity index (χ0n) is 22.3. The van der Waals surface area contributed by atoms with Gasteiger partial charge in [-0.1, -0.05) is 41.7 Å². The first-order chi connectivity index (χ1) is 21.4. The number of halogens is 4. The number of imidazole rings is 1. The molecule has 0 amide bonds. The molecule has 0 bridgehead atoms. The fraction of sp³-hybridized carbons (Fsp3) is 0. The first kappa shape index (κ1) is 26.0. The van der Waals surface area contributed by atoms with Crippen LogP contribution in [0.3, 0.4) is 0 Å². The number of rotatable bonds is 3. The maximum absolute atomic E-state index is 15.5. The molecule has 0 aliphatic carbocycles. The molecular weight excluding hydrogens is 586 g/mol. The van der Waals surface area contributed by atoms with E-state index < -0.39 is 29.1 Å². The van der Waals surface area contributed by atoms with Crippen LogP contribution in [0.25, 0.3) is 70.6 Å². The topological polar surface area (TPSA) is 66.9 Å². The molecule has 0 atom stereocenters. The molecule has 0 saturated carbocycles. The lowest BCUT2D eigenvalue weighted by Gasteiger charge is -2.14. The van der Waals surface area contributed by atoms with Gasteiger partial charge in [-0.2, -0.15) is 19.0 Å². The van der Waals surface area contributed by atoms with E-state index in [1.807, 2.05) is 52.9 Å². The van der Waals surface area contributed by atoms with Crippen LogP contribution in [0, 0.1) is 34.9 Å². The number of nitrogens with zero attached hydrogens (tertiary/aromatic N) is 5. The van der Waals surface area contributed by atoms with Crippen molar-refractivity contribution >= 4 is 48.5 Å². The Morgan fingerprint density at radius 3 is 2.27 bits per heavy atom. The number of hydrogen-bond donors (Lipinski definition) is 0. The highest BCUT2D eigenvalue weighted by molar-refractivity contribution is 7.23. The van der Waals surface area contributed by atoms with Crippen LogP contribution in [-0.2, 0) is 0 Å². The third kappa shape index (κ3) is 3.87. The Balaban J connectivity index is 1.51. The minimum atomic E-state index is -1.06. The van der Waals surface area contributed by atoms with E-state index in [1.165, 1.54) is 29.5 Å². The van der Waals surface area contributed by atoms with Crippen LogP contribution in [0.1, 0.15) is 5.56 Å². The standard InChI is InChI=1S/C34H15F4N5S/c35-24-11-9-20(29(37)23(24)16-39)17-13-18(21-10-12-28(36)41-33(21)38)15-19(14-17)30-32-31(22-5-1-2-6-25(22)40-30)42-34-43(32)26-7-3-4-8-27(26)44-34/h1-15H. The Bertz CT molecular complexity index is 2520. The van der Waals surface area contributed by atoms with Crippen molar-refractivity contribution in [2.75, 3.05) is 0 Å². The first-order valence-electron chi connectivity index (χ1n) is 13.4. The highest BCUT2D eigenvalue weighted by atomic mass is 32.1. The van der Waals surface area contributed by atoms with E-state index in [0.717, 1.165) is 32.7 Å². The number of benzene rings is 4. The monoisotopic (exact) mass is 601 g/mol. The van der Waals surface area contributed by atoms with E-state index in [-0.39, 0.29) is 22.3 Å². The molecule has 10 heteroatoms. The van der Waals surface area contributed by atoms with Gasteiger partial charge in [-0.25, -0.2) is 18.7 Å². The third-order valence-corrected chi connectivity index (χ3v) is 8.64. The Kier molecular flexibility index (Phi) is 5.73. The van der Waals surface area contributed by atoms with Crippen LogP contribution in [-0.4, -0.2) is 19.4 Å². The lowest BCUT2D eigenvalue weighted by atomic mass is 9.93. The number of para-hydroxylation sites is 2. The van der Waals surface area contributed by atoms with E-state index >= 15 is 8.78 Å². The van der Waals surface area contributed by atoms with Gasteiger partial charge in [0, 0.05) is 22.1 Å². The van der Waals surface area contributed by atoms with Gasteiger partial charge < -0.3 is 0 Å². The molecule has 4 aromatic carbocycles. The van der Waals surface area contributed by atoms with Gasteiger partial charge in [0.1, 0.15) is 28.5 Å². The molecule has 5 nitrogen and oxygen atoms in total. The molecule has 0 aliphatic heterocycles. The molecule has 8 aromatic rings. The molecule has 210 valence electrons. The molecule has 0 spiro atoms. The number of fused-ring (bicyclic) bond motifs is 7. The molecule has 0 saturated heterocycles. The van der Waals surface area contributed by atoms with Gasteiger partial charge in [-0.15, -0.1) is 0 Å². The lowest BCUT2D eigenvalue weighted by Crippen LogP contribution is -1.98. The van der Waals surface area contributed by atoms with Crippen molar-refractivity contribution in [1.82, 2.24) is 19.4 Å². The van der Waals surface area contributed by atoms with Crippen LogP contribution >= 0.6 is 11.3 Å². The highest BCUT2D eigenvalue weighted by Crippen LogP contribution is 2.41. The summed E-state index contributed by atoms with van der Waals surface area (Å²) in [5.41, 5.74) is 3.56. The Morgan fingerprint density at radius 2 is 1.45 bits per heavy atom. The van der Waals surface area contributed by atoms with Gasteiger partial charge in [-0.3, -0.25) is 4.40 Å². The second-order valence-corrected chi connectivity index (χ2v) is 11.2. The summed E-state index contributed by atoms with van der Waals surface area (Å²) < 4.78 is 61.7. The van der Waals surface area contributed by atoms with Gasteiger partial charge in [0.2, 0.25) is 11.9 Å². The maximum atomic E-state index is 15.5. The molecular formula is C34H15F4N5S. The summed E-state index contributed by atoms with van der Waals surface area (Å²) >= 11 is 1.53. The van der Waals surface area contributed by atoms with Crippen LogP contribution in [0.5, 0.6) is 0 Å². The smallest absolute Gasteiger partial charge is 0.223 e. The van der Waals surface area contributed by atoms with Crippen molar-refractivity contribution in [3.63, 3.8) is 0 Å². The van der Waals surface area contributed by atoms with Crippen molar-refractivity contribution in [3.8, 4) is 39.6 Å². The van der Waals surface area contributed by atoms with Gasteiger partial charge >= 0.3 is 0 Å². The second kappa shape index (κ2) is 9.69. The summed E-state index contributed by atoms with van der Waals surface area (Å²) in [5, 5.41) is 10.3. The SMILES string of the molecule is N#Cc1c(F)ccc(-c2cc(-c3ccc(F)nc3F)cc(-c3nc4ccccc4c4nc5sc6ccccc6n5c34)c2)c1F. The summed E-state index contributed by atoms with van der Waals surface area (Å²) in [7, 11) is 0. The summed E-state index contributed by atoms with van der Waals surface area (Å²) in [5.74, 6) is -4.10. The normalized spacial score (nSPS) is 11.6. The maximum Gasteiger partial charge on any atom is 0.223 e. The Morgan fingerprint density at radius 1 is 0.727 bits per heavy atom. The molecule has 4 heterocycles. The average molecular weight is 602 g/mol. The van der Waals surface area contributed by atoms with Crippen molar-refractivity contribution < 1.29 is 17.6 Å². The molecule has 0 unspecified atom stereocenters. The predicted molar refractivity (Wildman–Crippen MR) is 162 cm³/mol. The highest BCUT2D eigenvalue weighted by Gasteiger charge is 2.22. The number of pyridine rings is 2.